The molecule has 1 amide bonds. The zero-order valence-corrected chi connectivity index (χ0v) is 12.8. The zero-order valence-electron chi connectivity index (χ0n) is 12.0. The molecule has 1 N–H and O–H groups in total. The van der Waals surface area contributed by atoms with E-state index in [1.54, 1.807) is 16.2 Å². The fourth-order valence-electron chi connectivity index (χ4n) is 2.71. The van der Waals surface area contributed by atoms with Crippen LogP contribution in [0.2, 0.25) is 0 Å². The van der Waals surface area contributed by atoms with Crippen LogP contribution in [0, 0.1) is 11.8 Å². The molecule has 1 aliphatic carbocycles. The monoisotopic (exact) mass is 315 g/mol. The third-order valence-corrected chi connectivity index (χ3v) is 4.82. The number of para-hydroxylation sites is 1. The van der Waals surface area contributed by atoms with Gasteiger partial charge in [0.2, 0.25) is 5.91 Å². The van der Waals surface area contributed by atoms with Gasteiger partial charge in [-0.2, -0.15) is 11.3 Å². The number of nitrogens with zero attached hydrogens (tertiary/aromatic N) is 1. The van der Waals surface area contributed by atoms with Crippen molar-refractivity contribution in [3.05, 3.63) is 52.7 Å². The van der Waals surface area contributed by atoms with Crippen molar-refractivity contribution < 1.29 is 14.7 Å². The summed E-state index contributed by atoms with van der Waals surface area (Å²) >= 11 is 1.61. The van der Waals surface area contributed by atoms with Crippen LogP contribution in [0.3, 0.4) is 0 Å². The molecule has 0 aliphatic heterocycles. The van der Waals surface area contributed by atoms with Crippen molar-refractivity contribution in [2.75, 3.05) is 4.90 Å². The first kappa shape index (κ1) is 14.8. The molecule has 0 atom stereocenters. The Balaban J connectivity index is 1.77. The minimum atomic E-state index is -0.798. The normalized spacial score (nSPS) is 20.2. The number of carbonyl (C=O) groups is 2. The minimum absolute atomic E-state index is 0.0231. The van der Waals surface area contributed by atoms with Crippen molar-refractivity contribution in [2.24, 2.45) is 11.8 Å². The molecule has 0 unspecified atom stereocenters. The lowest BCUT2D eigenvalue weighted by atomic mass is 9.74. The van der Waals surface area contributed by atoms with Crippen LogP contribution < -0.4 is 4.90 Å². The number of rotatable bonds is 5. The highest BCUT2D eigenvalue weighted by Gasteiger charge is 2.40. The molecular formula is C17H17NO3S. The van der Waals surface area contributed by atoms with Gasteiger partial charge >= 0.3 is 5.97 Å². The summed E-state index contributed by atoms with van der Waals surface area (Å²) in [5.74, 6) is -1.32. The number of anilines is 1. The largest absolute Gasteiger partial charge is 0.481 e. The van der Waals surface area contributed by atoms with Gasteiger partial charge in [0.25, 0.3) is 0 Å². The second kappa shape index (κ2) is 6.32. The average Bonchev–Trinajstić information content (AvgIpc) is 2.96. The second-order valence-electron chi connectivity index (χ2n) is 5.60. The Labute approximate surface area is 133 Å². The van der Waals surface area contributed by atoms with Gasteiger partial charge in [-0.1, -0.05) is 18.2 Å². The predicted molar refractivity (Wildman–Crippen MR) is 85.8 cm³/mol. The Kier molecular flexibility index (Phi) is 4.24. The van der Waals surface area contributed by atoms with E-state index in [4.69, 9.17) is 5.11 Å². The lowest BCUT2D eigenvalue weighted by Crippen LogP contribution is -2.43. The molecule has 3 rings (SSSR count). The molecule has 1 heterocycles. The maximum atomic E-state index is 12.8. The second-order valence-corrected chi connectivity index (χ2v) is 6.38. The van der Waals surface area contributed by atoms with Gasteiger partial charge in [0.1, 0.15) is 0 Å². The van der Waals surface area contributed by atoms with Gasteiger partial charge in [0.05, 0.1) is 12.5 Å². The summed E-state index contributed by atoms with van der Waals surface area (Å²) in [6, 6.07) is 11.6. The quantitative estimate of drug-likeness (QED) is 0.920. The van der Waals surface area contributed by atoms with Gasteiger partial charge < -0.3 is 10.0 Å². The molecule has 1 saturated carbocycles. The Bertz CT molecular complexity index is 648. The smallest absolute Gasteiger partial charge is 0.306 e. The summed E-state index contributed by atoms with van der Waals surface area (Å²) in [6.45, 7) is 0.528. The molecule has 4 nitrogen and oxygen atoms in total. The summed E-state index contributed by atoms with van der Waals surface area (Å²) in [6.07, 6.45) is 0.891. The van der Waals surface area contributed by atoms with Crippen LogP contribution in [0.25, 0.3) is 0 Å². The van der Waals surface area contributed by atoms with E-state index in [0.29, 0.717) is 19.4 Å². The highest BCUT2D eigenvalue weighted by molar-refractivity contribution is 7.07. The molecule has 0 bridgehead atoms. The molecule has 2 aromatic rings. The zero-order chi connectivity index (χ0) is 15.5. The van der Waals surface area contributed by atoms with Gasteiger partial charge in [-0.25, -0.2) is 0 Å². The first-order valence-electron chi connectivity index (χ1n) is 7.25. The minimum Gasteiger partial charge on any atom is -0.481 e. The van der Waals surface area contributed by atoms with E-state index in [2.05, 4.69) is 0 Å². The number of carboxylic acid groups (broad SMARTS) is 1. The predicted octanol–water partition coefficient (Wildman–Crippen LogP) is 3.39. The Morgan fingerprint density at radius 1 is 1.14 bits per heavy atom. The van der Waals surface area contributed by atoms with E-state index in [9.17, 15) is 9.59 Å². The van der Waals surface area contributed by atoms with Crippen LogP contribution in [0.1, 0.15) is 18.4 Å². The van der Waals surface area contributed by atoms with E-state index >= 15 is 0 Å². The van der Waals surface area contributed by atoms with Crippen LogP contribution in [0.4, 0.5) is 5.69 Å². The number of hydrogen-bond donors (Lipinski definition) is 1. The number of hydrogen-bond acceptors (Lipinski definition) is 3. The molecule has 22 heavy (non-hydrogen) atoms. The topological polar surface area (TPSA) is 57.6 Å². The van der Waals surface area contributed by atoms with Crippen molar-refractivity contribution in [2.45, 2.75) is 19.4 Å². The highest BCUT2D eigenvalue weighted by atomic mass is 32.1. The lowest BCUT2D eigenvalue weighted by molar-refractivity contribution is -0.148. The first-order chi connectivity index (χ1) is 10.6. The van der Waals surface area contributed by atoms with Gasteiger partial charge in [0.15, 0.2) is 0 Å². The molecule has 1 aromatic heterocycles. The molecule has 1 fully saturated rings. The number of thiophene rings is 1. The number of aliphatic carboxylic acids is 1. The van der Waals surface area contributed by atoms with Crippen molar-refractivity contribution in [3.63, 3.8) is 0 Å². The van der Waals surface area contributed by atoms with Crippen molar-refractivity contribution in [1.29, 1.82) is 0 Å². The molecular weight excluding hydrogens is 298 g/mol. The molecule has 0 radical (unpaired) electrons. The maximum absolute atomic E-state index is 12.8. The number of benzene rings is 1. The standard InChI is InChI=1S/C17H17NO3S/c19-16(13-8-14(9-13)17(20)21)18(10-12-6-7-22-11-12)15-4-2-1-3-5-15/h1-7,11,13-14H,8-10H2,(H,20,21). The molecule has 1 aliphatic rings. The van der Waals surface area contributed by atoms with Crippen molar-refractivity contribution >= 4 is 28.9 Å². The van der Waals surface area contributed by atoms with Gasteiger partial charge in [0, 0.05) is 11.6 Å². The number of carboxylic acids is 1. The van der Waals surface area contributed by atoms with E-state index in [-0.39, 0.29) is 17.7 Å². The summed E-state index contributed by atoms with van der Waals surface area (Å²) in [5.41, 5.74) is 1.95. The SMILES string of the molecule is O=C(O)C1CC(C(=O)N(Cc2ccsc2)c2ccccc2)C1. The number of amides is 1. The Hall–Kier alpha value is -2.14. The molecule has 0 spiro atoms. The van der Waals surface area contributed by atoms with E-state index < -0.39 is 5.97 Å². The average molecular weight is 315 g/mol. The van der Waals surface area contributed by atoms with E-state index in [1.165, 1.54) is 0 Å². The highest BCUT2D eigenvalue weighted by Crippen LogP contribution is 2.36. The Morgan fingerprint density at radius 2 is 1.86 bits per heavy atom. The van der Waals surface area contributed by atoms with Crippen molar-refractivity contribution in [1.82, 2.24) is 0 Å². The number of carbonyl (C=O) groups excluding carboxylic acids is 1. The third kappa shape index (κ3) is 3.04. The summed E-state index contributed by atoms with van der Waals surface area (Å²) in [4.78, 5) is 25.4. The van der Waals surface area contributed by atoms with Gasteiger partial charge in [-0.05, 0) is 47.4 Å². The molecule has 5 heteroatoms. The van der Waals surface area contributed by atoms with Crippen LogP contribution in [0.5, 0.6) is 0 Å². The summed E-state index contributed by atoms with van der Waals surface area (Å²) in [7, 11) is 0. The lowest BCUT2D eigenvalue weighted by Gasteiger charge is -2.35. The molecule has 114 valence electrons. The van der Waals surface area contributed by atoms with E-state index in [0.717, 1.165) is 11.3 Å². The molecule has 1 aromatic carbocycles. The van der Waals surface area contributed by atoms with Gasteiger partial charge in [-0.3, -0.25) is 9.59 Å². The summed E-state index contributed by atoms with van der Waals surface area (Å²) < 4.78 is 0. The third-order valence-electron chi connectivity index (χ3n) is 4.09. The maximum Gasteiger partial charge on any atom is 0.306 e. The fourth-order valence-corrected chi connectivity index (χ4v) is 3.37. The van der Waals surface area contributed by atoms with Crippen molar-refractivity contribution in [3.8, 4) is 0 Å². The van der Waals surface area contributed by atoms with Gasteiger partial charge in [-0.15, -0.1) is 0 Å². The Morgan fingerprint density at radius 3 is 2.45 bits per heavy atom. The van der Waals surface area contributed by atoms with Crippen LogP contribution in [-0.2, 0) is 16.1 Å². The fraction of sp³-hybridized carbons (Fsp3) is 0.294. The van der Waals surface area contributed by atoms with E-state index in [1.807, 2.05) is 47.2 Å². The van der Waals surface area contributed by atoms with Crippen LogP contribution >= 0.6 is 11.3 Å². The molecule has 0 saturated heterocycles. The van der Waals surface area contributed by atoms with Crippen LogP contribution in [0.15, 0.2) is 47.2 Å². The summed E-state index contributed by atoms with van der Waals surface area (Å²) in [5, 5.41) is 13.0. The first-order valence-corrected chi connectivity index (χ1v) is 8.19. The van der Waals surface area contributed by atoms with Crippen LogP contribution in [-0.4, -0.2) is 17.0 Å².